The predicted octanol–water partition coefficient (Wildman–Crippen LogP) is -0.151. The molecule has 0 unspecified atom stereocenters. The largest absolute Gasteiger partial charge is 0.422 e. The molecular formula is C7H16O3Si. The van der Waals surface area contributed by atoms with Crippen LogP contribution in [0.25, 0.3) is 0 Å². The van der Waals surface area contributed by atoms with E-state index in [1.165, 1.54) is 0 Å². The van der Waals surface area contributed by atoms with Crippen LogP contribution in [-0.4, -0.2) is 37.1 Å². The van der Waals surface area contributed by atoms with Gasteiger partial charge in [0.2, 0.25) is 0 Å². The molecule has 0 amide bonds. The molecule has 0 N–H and O–H groups in total. The molecule has 0 aromatic heterocycles. The van der Waals surface area contributed by atoms with Gasteiger partial charge in [-0.2, -0.15) is 0 Å². The third-order valence-electron chi connectivity index (χ3n) is 1.56. The van der Waals surface area contributed by atoms with Crippen molar-refractivity contribution in [2.75, 3.05) is 20.8 Å². The summed E-state index contributed by atoms with van der Waals surface area (Å²) in [4.78, 5) is 0. The van der Waals surface area contributed by atoms with Crippen LogP contribution in [0.2, 0.25) is 0 Å². The summed E-state index contributed by atoms with van der Waals surface area (Å²) in [5, 5.41) is 0. The Balaban J connectivity index is 4.06. The SMILES string of the molecule is C=CCC(CO[SiH3])(OC)OC. The van der Waals surface area contributed by atoms with E-state index in [0.29, 0.717) is 23.5 Å². The lowest BCUT2D eigenvalue weighted by Crippen LogP contribution is -2.38. The molecule has 0 saturated heterocycles. The molecule has 0 rings (SSSR count). The van der Waals surface area contributed by atoms with Crippen LogP contribution in [0.15, 0.2) is 12.7 Å². The minimum Gasteiger partial charge on any atom is -0.422 e. The highest BCUT2D eigenvalue weighted by Crippen LogP contribution is 2.16. The average molecular weight is 176 g/mol. The summed E-state index contributed by atoms with van der Waals surface area (Å²) in [6.07, 6.45) is 2.40. The highest BCUT2D eigenvalue weighted by atomic mass is 28.2. The van der Waals surface area contributed by atoms with Crippen molar-refractivity contribution in [3.8, 4) is 0 Å². The Bertz CT molecular complexity index is 112. The second-order valence-electron chi connectivity index (χ2n) is 2.24. The predicted molar refractivity (Wildman–Crippen MR) is 47.5 cm³/mol. The summed E-state index contributed by atoms with van der Waals surface area (Å²) in [7, 11) is 3.90. The lowest BCUT2D eigenvalue weighted by molar-refractivity contribution is -0.219. The van der Waals surface area contributed by atoms with Gasteiger partial charge in [-0.3, -0.25) is 0 Å². The topological polar surface area (TPSA) is 27.7 Å². The van der Waals surface area contributed by atoms with Crippen molar-refractivity contribution in [2.45, 2.75) is 12.2 Å². The van der Waals surface area contributed by atoms with Gasteiger partial charge in [0.1, 0.15) is 10.5 Å². The van der Waals surface area contributed by atoms with E-state index in [1.807, 2.05) is 0 Å². The molecule has 0 heterocycles. The molecule has 0 aromatic carbocycles. The van der Waals surface area contributed by atoms with Crippen LogP contribution in [0.3, 0.4) is 0 Å². The zero-order valence-electron chi connectivity index (χ0n) is 7.42. The maximum Gasteiger partial charge on any atom is 0.193 e. The molecule has 0 aromatic rings. The van der Waals surface area contributed by atoms with Crippen molar-refractivity contribution in [3.63, 3.8) is 0 Å². The summed E-state index contributed by atoms with van der Waals surface area (Å²) in [5.41, 5.74) is 0. The Labute approximate surface area is 70.9 Å². The number of hydrogen-bond donors (Lipinski definition) is 0. The first-order valence-electron chi connectivity index (χ1n) is 3.45. The van der Waals surface area contributed by atoms with E-state index in [-0.39, 0.29) is 0 Å². The Morgan fingerprint density at radius 2 is 2.00 bits per heavy atom. The number of methoxy groups -OCH3 is 2. The lowest BCUT2D eigenvalue weighted by atomic mass is 10.2. The average Bonchev–Trinajstić information content (AvgIpc) is 2.04. The van der Waals surface area contributed by atoms with E-state index in [0.717, 1.165) is 0 Å². The van der Waals surface area contributed by atoms with E-state index < -0.39 is 5.79 Å². The van der Waals surface area contributed by atoms with Crippen molar-refractivity contribution in [2.24, 2.45) is 0 Å². The Morgan fingerprint density at radius 3 is 2.27 bits per heavy atom. The first kappa shape index (κ1) is 10.8. The molecule has 0 aliphatic heterocycles. The molecule has 3 nitrogen and oxygen atoms in total. The Kier molecular flexibility index (Phi) is 5.40. The lowest BCUT2D eigenvalue weighted by Gasteiger charge is -2.28. The van der Waals surface area contributed by atoms with E-state index in [9.17, 15) is 0 Å². The molecule has 4 heteroatoms. The van der Waals surface area contributed by atoms with Gasteiger partial charge < -0.3 is 13.9 Å². The summed E-state index contributed by atoms with van der Waals surface area (Å²) in [6, 6.07) is 0. The molecule has 11 heavy (non-hydrogen) atoms. The van der Waals surface area contributed by atoms with Gasteiger partial charge in [0.25, 0.3) is 0 Å². The second-order valence-corrected chi connectivity index (χ2v) is 2.82. The summed E-state index contributed by atoms with van der Waals surface area (Å²) in [5.74, 6) is -0.622. The molecule has 0 aliphatic carbocycles. The van der Waals surface area contributed by atoms with Gasteiger partial charge in [-0.25, -0.2) is 0 Å². The Hall–Kier alpha value is -0.163. The standard InChI is InChI=1S/C7H16O3Si/c1-4-5-7(8-2,9-3)6-10-11/h4H,1,5-6H2,2-3,11H3. The molecule has 0 fully saturated rings. The molecule has 0 aliphatic rings. The summed E-state index contributed by atoms with van der Waals surface area (Å²) in [6.45, 7) is 4.09. The number of hydrogen-bond acceptors (Lipinski definition) is 3. The van der Waals surface area contributed by atoms with Crippen molar-refractivity contribution in [1.29, 1.82) is 0 Å². The fourth-order valence-corrected chi connectivity index (χ4v) is 1.31. The monoisotopic (exact) mass is 176 g/mol. The molecule has 0 atom stereocenters. The maximum atomic E-state index is 5.17. The minimum atomic E-state index is -0.622. The van der Waals surface area contributed by atoms with Gasteiger partial charge in [-0.1, -0.05) is 6.08 Å². The van der Waals surface area contributed by atoms with Crippen LogP contribution in [-0.2, 0) is 13.9 Å². The first-order chi connectivity index (χ1) is 5.24. The van der Waals surface area contributed by atoms with Gasteiger partial charge in [0.15, 0.2) is 5.79 Å². The molecule has 66 valence electrons. The third-order valence-corrected chi connectivity index (χ3v) is 1.85. The maximum absolute atomic E-state index is 5.17. The second kappa shape index (κ2) is 5.48. The zero-order chi connectivity index (χ0) is 8.74. The van der Waals surface area contributed by atoms with E-state index in [1.54, 1.807) is 20.3 Å². The van der Waals surface area contributed by atoms with Crippen LogP contribution >= 0.6 is 0 Å². The third kappa shape index (κ3) is 3.16. The van der Waals surface area contributed by atoms with Gasteiger partial charge in [0.05, 0.1) is 6.61 Å². The Morgan fingerprint density at radius 1 is 1.45 bits per heavy atom. The molecular weight excluding hydrogens is 160 g/mol. The van der Waals surface area contributed by atoms with Gasteiger partial charge in [-0.15, -0.1) is 6.58 Å². The van der Waals surface area contributed by atoms with E-state index >= 15 is 0 Å². The van der Waals surface area contributed by atoms with Crippen LogP contribution in [0.4, 0.5) is 0 Å². The minimum absolute atomic E-state index is 0.470. The van der Waals surface area contributed by atoms with Crippen molar-refractivity contribution >= 4 is 10.5 Å². The number of rotatable bonds is 6. The van der Waals surface area contributed by atoms with Crippen LogP contribution < -0.4 is 0 Å². The van der Waals surface area contributed by atoms with Gasteiger partial charge in [-0.05, 0) is 0 Å². The van der Waals surface area contributed by atoms with Crippen molar-refractivity contribution in [3.05, 3.63) is 12.7 Å². The molecule has 0 saturated carbocycles. The quantitative estimate of drug-likeness (QED) is 0.320. The summed E-state index contributed by atoms with van der Waals surface area (Å²) < 4.78 is 15.4. The van der Waals surface area contributed by atoms with E-state index in [2.05, 4.69) is 6.58 Å². The molecule has 0 bridgehead atoms. The smallest absolute Gasteiger partial charge is 0.193 e. The zero-order valence-corrected chi connectivity index (χ0v) is 9.42. The molecule has 0 radical (unpaired) electrons. The van der Waals surface area contributed by atoms with Crippen LogP contribution in [0.1, 0.15) is 6.42 Å². The van der Waals surface area contributed by atoms with Gasteiger partial charge >= 0.3 is 0 Å². The van der Waals surface area contributed by atoms with Gasteiger partial charge in [0, 0.05) is 20.6 Å². The normalized spacial score (nSPS) is 11.8. The highest BCUT2D eigenvalue weighted by molar-refractivity contribution is 5.97. The van der Waals surface area contributed by atoms with Crippen molar-refractivity contribution in [1.82, 2.24) is 0 Å². The van der Waals surface area contributed by atoms with Crippen molar-refractivity contribution < 1.29 is 13.9 Å². The molecule has 0 spiro atoms. The fraction of sp³-hybridized carbons (Fsp3) is 0.714. The number of ether oxygens (including phenoxy) is 2. The summed E-state index contributed by atoms with van der Waals surface area (Å²) >= 11 is 0. The first-order valence-corrected chi connectivity index (χ1v) is 4.26. The highest BCUT2D eigenvalue weighted by Gasteiger charge is 2.27. The van der Waals surface area contributed by atoms with E-state index in [4.69, 9.17) is 13.9 Å². The van der Waals surface area contributed by atoms with Crippen LogP contribution in [0, 0.1) is 0 Å². The van der Waals surface area contributed by atoms with Crippen LogP contribution in [0.5, 0.6) is 0 Å². The fourth-order valence-electron chi connectivity index (χ4n) is 0.867.